The molecule has 3 fully saturated rings. The molecule has 25 heavy (non-hydrogen) atoms. The topological polar surface area (TPSA) is 71.0 Å². The van der Waals surface area contributed by atoms with Crippen molar-refractivity contribution in [2.45, 2.75) is 49.4 Å². The van der Waals surface area contributed by atoms with Crippen LogP contribution in [0.4, 0.5) is 5.69 Å². The molecule has 1 aromatic rings. The van der Waals surface area contributed by atoms with Crippen LogP contribution in [-0.4, -0.2) is 46.3 Å². The van der Waals surface area contributed by atoms with Crippen LogP contribution in [0.5, 0.6) is 5.75 Å². The lowest BCUT2D eigenvalue weighted by molar-refractivity contribution is -0.129. The number of nitrogens with zero attached hydrogens (tertiary/aromatic N) is 2. The van der Waals surface area contributed by atoms with E-state index in [2.05, 4.69) is 5.32 Å². The molecule has 0 spiro atoms. The maximum absolute atomic E-state index is 12.6. The van der Waals surface area contributed by atoms with Crippen molar-refractivity contribution in [2.24, 2.45) is 4.99 Å². The number of aliphatic imine (C=N–C) groups is 1. The van der Waals surface area contributed by atoms with Gasteiger partial charge >= 0.3 is 0 Å². The van der Waals surface area contributed by atoms with Gasteiger partial charge in [0.25, 0.3) is 0 Å². The van der Waals surface area contributed by atoms with Crippen LogP contribution in [-0.2, 0) is 9.59 Å². The fraction of sp³-hybridized carbons (Fsp3) is 0.500. The highest BCUT2D eigenvalue weighted by atomic mass is 32.2. The molecule has 0 radical (unpaired) electrons. The summed E-state index contributed by atoms with van der Waals surface area (Å²) in [5.74, 6) is 0.608. The lowest BCUT2D eigenvalue weighted by Crippen LogP contribution is -2.46. The molecule has 1 aliphatic heterocycles. The second-order valence-corrected chi connectivity index (χ2v) is 7.84. The number of carbonyl (C=O) groups excluding carboxylic acids is 2. The molecule has 132 valence electrons. The van der Waals surface area contributed by atoms with Gasteiger partial charge < -0.3 is 10.1 Å². The first-order valence-electron chi connectivity index (χ1n) is 8.65. The van der Waals surface area contributed by atoms with E-state index in [0.29, 0.717) is 17.8 Å². The Bertz CT molecular complexity index is 711. The molecule has 1 atom stereocenters. The Labute approximate surface area is 151 Å². The number of benzene rings is 1. The molecular formula is C18H21N3O3S. The van der Waals surface area contributed by atoms with E-state index in [0.717, 1.165) is 36.6 Å². The zero-order valence-corrected chi connectivity index (χ0v) is 14.9. The van der Waals surface area contributed by atoms with Crippen molar-refractivity contribution in [3.8, 4) is 5.75 Å². The van der Waals surface area contributed by atoms with E-state index in [1.165, 1.54) is 11.8 Å². The highest BCUT2D eigenvalue weighted by Crippen LogP contribution is 2.38. The smallest absolute Gasteiger partial charge is 0.238 e. The van der Waals surface area contributed by atoms with Crippen LogP contribution < -0.4 is 10.1 Å². The van der Waals surface area contributed by atoms with Crippen molar-refractivity contribution in [1.29, 1.82) is 0 Å². The average molecular weight is 359 g/mol. The van der Waals surface area contributed by atoms with Gasteiger partial charge in [-0.1, -0.05) is 11.8 Å². The molecule has 2 amide bonds. The molecule has 1 aromatic carbocycles. The van der Waals surface area contributed by atoms with E-state index >= 15 is 0 Å². The van der Waals surface area contributed by atoms with Gasteiger partial charge in [-0.3, -0.25) is 19.5 Å². The number of carbonyl (C=O) groups is 2. The van der Waals surface area contributed by atoms with Gasteiger partial charge in [-0.25, -0.2) is 0 Å². The Hall–Kier alpha value is -2.02. The molecule has 4 rings (SSSR count). The summed E-state index contributed by atoms with van der Waals surface area (Å²) in [6.45, 7) is 0. The minimum Gasteiger partial charge on any atom is -0.497 e. The van der Waals surface area contributed by atoms with Crippen LogP contribution in [0.2, 0.25) is 0 Å². The Kier molecular flexibility index (Phi) is 4.41. The molecule has 0 aromatic heterocycles. The summed E-state index contributed by atoms with van der Waals surface area (Å²) < 4.78 is 5.12. The number of anilines is 1. The Morgan fingerprint density at radius 3 is 2.56 bits per heavy atom. The van der Waals surface area contributed by atoms with Gasteiger partial charge in [-0.15, -0.1) is 0 Å². The number of thioether (sulfide) groups is 1. The van der Waals surface area contributed by atoms with Crippen molar-refractivity contribution < 1.29 is 14.3 Å². The van der Waals surface area contributed by atoms with Gasteiger partial charge in [0, 0.05) is 18.2 Å². The van der Waals surface area contributed by atoms with Crippen molar-refractivity contribution in [3.05, 3.63) is 24.3 Å². The monoisotopic (exact) mass is 359 g/mol. The predicted octanol–water partition coefficient (Wildman–Crippen LogP) is 2.65. The molecule has 1 heterocycles. The first-order chi connectivity index (χ1) is 12.1. The highest BCUT2D eigenvalue weighted by Gasteiger charge is 2.43. The van der Waals surface area contributed by atoms with Gasteiger partial charge in [0.15, 0.2) is 5.17 Å². The largest absolute Gasteiger partial charge is 0.497 e. The van der Waals surface area contributed by atoms with E-state index in [-0.39, 0.29) is 18.2 Å². The normalized spacial score (nSPS) is 25.2. The van der Waals surface area contributed by atoms with Crippen molar-refractivity contribution >= 4 is 34.4 Å². The summed E-state index contributed by atoms with van der Waals surface area (Å²) in [5.41, 5.74) is 0.698. The number of hydrogen-bond acceptors (Lipinski definition) is 5. The number of amides is 2. The minimum atomic E-state index is -0.429. The van der Waals surface area contributed by atoms with Crippen molar-refractivity contribution in [3.63, 3.8) is 0 Å². The number of rotatable bonds is 5. The van der Waals surface area contributed by atoms with Crippen LogP contribution in [0.25, 0.3) is 0 Å². The van der Waals surface area contributed by atoms with Crippen LogP contribution in [0, 0.1) is 0 Å². The quantitative estimate of drug-likeness (QED) is 0.877. The standard InChI is InChI=1S/C18H21N3O3S/c1-24-14-8-4-11(5-9-14)19-17(23)15-10-16(22)21(13-6-7-13)18(25-15)20-12-2-3-12/h4-5,8-9,12-13,15H,2-3,6-7,10H2,1H3,(H,19,23). The molecule has 1 N–H and O–H groups in total. The molecule has 2 saturated carbocycles. The van der Waals surface area contributed by atoms with E-state index in [1.807, 2.05) is 4.90 Å². The van der Waals surface area contributed by atoms with Gasteiger partial charge in [0.05, 0.1) is 13.2 Å². The third-order valence-corrected chi connectivity index (χ3v) is 5.66. The van der Waals surface area contributed by atoms with E-state index in [4.69, 9.17) is 9.73 Å². The Morgan fingerprint density at radius 2 is 1.96 bits per heavy atom. The molecular weight excluding hydrogens is 338 g/mol. The summed E-state index contributed by atoms with van der Waals surface area (Å²) in [7, 11) is 1.60. The third-order valence-electron chi connectivity index (χ3n) is 4.48. The van der Waals surface area contributed by atoms with Crippen LogP contribution in [0.1, 0.15) is 32.1 Å². The number of hydrogen-bond donors (Lipinski definition) is 1. The summed E-state index contributed by atoms with van der Waals surface area (Å²) in [6, 6.07) is 7.81. The Morgan fingerprint density at radius 1 is 1.24 bits per heavy atom. The molecule has 6 nitrogen and oxygen atoms in total. The van der Waals surface area contributed by atoms with Crippen molar-refractivity contribution in [2.75, 3.05) is 12.4 Å². The molecule has 1 unspecified atom stereocenters. The maximum atomic E-state index is 12.6. The first-order valence-corrected chi connectivity index (χ1v) is 9.53. The van der Waals surface area contributed by atoms with Crippen LogP contribution >= 0.6 is 11.8 Å². The van der Waals surface area contributed by atoms with Gasteiger partial charge in [-0.05, 0) is 49.9 Å². The fourth-order valence-corrected chi connectivity index (χ4v) is 4.00. The summed E-state index contributed by atoms with van der Waals surface area (Å²) in [4.78, 5) is 31.7. The second-order valence-electron chi connectivity index (χ2n) is 6.67. The van der Waals surface area contributed by atoms with Crippen LogP contribution in [0.15, 0.2) is 29.3 Å². The lowest BCUT2D eigenvalue weighted by atomic mass is 10.2. The summed E-state index contributed by atoms with van der Waals surface area (Å²) in [6.07, 6.45) is 4.48. The Balaban J connectivity index is 1.45. The molecule has 2 aliphatic carbocycles. The zero-order valence-electron chi connectivity index (χ0n) is 14.1. The van der Waals surface area contributed by atoms with Gasteiger partial charge in [-0.2, -0.15) is 0 Å². The first kappa shape index (κ1) is 16.4. The van der Waals surface area contributed by atoms with E-state index in [1.54, 1.807) is 31.4 Å². The van der Waals surface area contributed by atoms with Crippen LogP contribution in [0.3, 0.4) is 0 Å². The van der Waals surface area contributed by atoms with Gasteiger partial charge in [0.1, 0.15) is 11.0 Å². The highest BCUT2D eigenvalue weighted by molar-refractivity contribution is 8.15. The second kappa shape index (κ2) is 6.71. The average Bonchev–Trinajstić information content (AvgIpc) is 3.50. The number of methoxy groups -OCH3 is 1. The lowest BCUT2D eigenvalue weighted by Gasteiger charge is -2.32. The predicted molar refractivity (Wildman–Crippen MR) is 97.9 cm³/mol. The zero-order chi connectivity index (χ0) is 17.4. The summed E-state index contributed by atoms with van der Waals surface area (Å²) >= 11 is 1.43. The maximum Gasteiger partial charge on any atom is 0.238 e. The molecule has 3 aliphatic rings. The van der Waals surface area contributed by atoms with Crippen molar-refractivity contribution in [1.82, 2.24) is 4.90 Å². The SMILES string of the molecule is COc1ccc(NC(=O)C2CC(=O)N(C3CC3)C(=NC3CC3)S2)cc1. The minimum absolute atomic E-state index is 0.0236. The number of nitrogens with one attached hydrogen (secondary N) is 1. The molecule has 7 heteroatoms. The third kappa shape index (κ3) is 3.81. The number of amidine groups is 1. The summed E-state index contributed by atoms with van der Waals surface area (Å²) in [5, 5.41) is 3.21. The number of ether oxygens (including phenoxy) is 1. The fourth-order valence-electron chi connectivity index (χ4n) is 2.78. The van der Waals surface area contributed by atoms with E-state index < -0.39 is 5.25 Å². The molecule has 1 saturated heterocycles. The molecule has 0 bridgehead atoms. The van der Waals surface area contributed by atoms with Gasteiger partial charge in [0.2, 0.25) is 11.8 Å². The van der Waals surface area contributed by atoms with E-state index in [9.17, 15) is 9.59 Å².